The Morgan fingerprint density at radius 3 is 2.75 bits per heavy atom. The minimum atomic E-state index is -1.04. The van der Waals surface area contributed by atoms with Crippen LogP contribution in [0, 0.1) is 0 Å². The Kier molecular flexibility index (Phi) is 6.83. The first-order valence-corrected chi connectivity index (χ1v) is 6.37. The van der Waals surface area contributed by atoms with Gasteiger partial charge in [0, 0.05) is 6.54 Å². The second-order valence-corrected chi connectivity index (χ2v) is 4.33. The van der Waals surface area contributed by atoms with Crippen LogP contribution in [0.2, 0.25) is 5.02 Å². The van der Waals surface area contributed by atoms with Crippen molar-refractivity contribution in [3.63, 3.8) is 0 Å². The predicted molar refractivity (Wildman–Crippen MR) is 73.0 cm³/mol. The molecular weight excluding hydrogens is 286 g/mol. The molecule has 0 saturated carbocycles. The molecule has 0 aromatic heterocycles. The van der Waals surface area contributed by atoms with Gasteiger partial charge in [0.2, 0.25) is 0 Å². The summed E-state index contributed by atoms with van der Waals surface area (Å²) in [4.78, 5) is 21.9. The number of rotatable bonds is 8. The van der Waals surface area contributed by atoms with Crippen molar-refractivity contribution >= 4 is 23.5 Å². The van der Waals surface area contributed by atoms with E-state index in [9.17, 15) is 9.59 Å². The molecule has 0 spiro atoms. The zero-order valence-electron chi connectivity index (χ0n) is 11.0. The lowest BCUT2D eigenvalue weighted by Gasteiger charge is -2.10. The lowest BCUT2D eigenvalue weighted by Crippen LogP contribution is -2.33. The van der Waals surface area contributed by atoms with Crippen molar-refractivity contribution in [3.8, 4) is 5.75 Å². The number of hydrogen-bond acceptors (Lipinski definition) is 4. The van der Waals surface area contributed by atoms with Crippen molar-refractivity contribution in [2.45, 2.75) is 13.0 Å². The topological polar surface area (TPSA) is 84.9 Å². The Morgan fingerprint density at radius 1 is 1.40 bits per heavy atom. The third-order valence-electron chi connectivity index (χ3n) is 2.34. The molecule has 0 heterocycles. The van der Waals surface area contributed by atoms with E-state index in [0.717, 1.165) is 0 Å². The molecule has 20 heavy (non-hydrogen) atoms. The first kappa shape index (κ1) is 16.3. The van der Waals surface area contributed by atoms with Crippen LogP contribution in [0.25, 0.3) is 0 Å². The van der Waals surface area contributed by atoms with Crippen LogP contribution in [0.15, 0.2) is 24.3 Å². The van der Waals surface area contributed by atoms with Gasteiger partial charge in [0.1, 0.15) is 5.75 Å². The fourth-order valence-corrected chi connectivity index (χ4v) is 1.44. The van der Waals surface area contributed by atoms with Gasteiger partial charge in [-0.1, -0.05) is 23.7 Å². The van der Waals surface area contributed by atoms with Crippen LogP contribution in [-0.2, 0) is 14.3 Å². The maximum Gasteiger partial charge on any atom is 0.332 e. The molecule has 0 saturated heterocycles. The van der Waals surface area contributed by atoms with Crippen LogP contribution < -0.4 is 10.1 Å². The van der Waals surface area contributed by atoms with Crippen LogP contribution >= 0.6 is 11.6 Å². The van der Waals surface area contributed by atoms with Crippen LogP contribution in [0.1, 0.15) is 6.92 Å². The van der Waals surface area contributed by atoms with Crippen molar-refractivity contribution in [1.82, 2.24) is 5.32 Å². The highest BCUT2D eigenvalue weighted by molar-refractivity contribution is 6.32. The van der Waals surface area contributed by atoms with Gasteiger partial charge < -0.3 is 19.9 Å². The molecule has 0 aliphatic rings. The van der Waals surface area contributed by atoms with Gasteiger partial charge in [-0.2, -0.15) is 0 Å². The predicted octanol–water partition coefficient (Wildman–Crippen LogP) is 1.32. The minimum absolute atomic E-state index is 0.116. The number of hydrogen-bond donors (Lipinski definition) is 2. The normalized spacial score (nSPS) is 11.7. The highest BCUT2D eigenvalue weighted by Gasteiger charge is 2.10. The molecule has 1 atom stereocenters. The molecule has 6 nitrogen and oxygen atoms in total. The number of carboxylic acid groups (broad SMARTS) is 1. The Balaban J connectivity index is 2.18. The summed E-state index contributed by atoms with van der Waals surface area (Å²) in [6.07, 6.45) is -0.897. The van der Waals surface area contributed by atoms with Gasteiger partial charge in [-0.3, -0.25) is 4.79 Å². The van der Waals surface area contributed by atoms with Crippen molar-refractivity contribution in [2.24, 2.45) is 0 Å². The van der Waals surface area contributed by atoms with E-state index in [1.54, 1.807) is 24.3 Å². The van der Waals surface area contributed by atoms with Crippen molar-refractivity contribution < 1.29 is 24.2 Å². The summed E-state index contributed by atoms with van der Waals surface area (Å²) in [5.74, 6) is -0.949. The number of halogens is 1. The molecule has 1 aromatic rings. The summed E-state index contributed by atoms with van der Waals surface area (Å²) in [6.45, 7) is 1.58. The lowest BCUT2D eigenvalue weighted by molar-refractivity contribution is -0.149. The second kappa shape index (κ2) is 8.39. The number of benzene rings is 1. The van der Waals surface area contributed by atoms with Gasteiger partial charge in [-0.25, -0.2) is 4.79 Å². The van der Waals surface area contributed by atoms with Gasteiger partial charge in [0.25, 0.3) is 5.91 Å². The number of ether oxygens (including phenoxy) is 2. The number of carbonyl (C=O) groups excluding carboxylic acids is 1. The molecule has 2 N–H and O–H groups in total. The summed E-state index contributed by atoms with van der Waals surface area (Å²) in [5.41, 5.74) is 0. The molecule has 1 aromatic carbocycles. The number of aliphatic carboxylic acids is 1. The largest absolute Gasteiger partial charge is 0.482 e. The van der Waals surface area contributed by atoms with E-state index < -0.39 is 12.1 Å². The monoisotopic (exact) mass is 301 g/mol. The van der Waals surface area contributed by atoms with Crippen LogP contribution in [0.3, 0.4) is 0 Å². The second-order valence-electron chi connectivity index (χ2n) is 3.92. The highest BCUT2D eigenvalue weighted by Crippen LogP contribution is 2.22. The van der Waals surface area contributed by atoms with E-state index in [1.165, 1.54) is 6.92 Å². The van der Waals surface area contributed by atoms with E-state index in [0.29, 0.717) is 10.8 Å². The summed E-state index contributed by atoms with van der Waals surface area (Å²) < 4.78 is 10.2. The number of carboxylic acids is 1. The zero-order chi connectivity index (χ0) is 15.0. The van der Waals surface area contributed by atoms with Gasteiger partial charge in [-0.05, 0) is 19.1 Å². The Labute approximate surface area is 121 Å². The van der Waals surface area contributed by atoms with E-state index in [1.807, 2.05) is 0 Å². The van der Waals surface area contributed by atoms with E-state index in [2.05, 4.69) is 5.32 Å². The Bertz CT molecular complexity index is 466. The third-order valence-corrected chi connectivity index (χ3v) is 2.65. The summed E-state index contributed by atoms with van der Waals surface area (Å²) in [7, 11) is 0. The SMILES string of the molecule is CC(OCCNC(=O)COc1ccccc1Cl)C(=O)O. The maximum atomic E-state index is 11.5. The van der Waals surface area contributed by atoms with Crippen LogP contribution in [0.5, 0.6) is 5.75 Å². The lowest BCUT2D eigenvalue weighted by atomic mass is 10.3. The van der Waals surface area contributed by atoms with Gasteiger partial charge in [0.05, 0.1) is 11.6 Å². The minimum Gasteiger partial charge on any atom is -0.482 e. The zero-order valence-corrected chi connectivity index (χ0v) is 11.7. The number of nitrogens with one attached hydrogen (secondary N) is 1. The first-order valence-electron chi connectivity index (χ1n) is 5.99. The molecule has 0 radical (unpaired) electrons. The van der Waals surface area contributed by atoms with E-state index in [-0.39, 0.29) is 25.7 Å². The quantitative estimate of drug-likeness (QED) is 0.708. The molecule has 110 valence electrons. The summed E-state index contributed by atoms with van der Waals surface area (Å²) in [6, 6.07) is 6.83. The van der Waals surface area contributed by atoms with Crippen LogP contribution in [0.4, 0.5) is 0 Å². The molecule has 0 aliphatic heterocycles. The van der Waals surface area contributed by atoms with Gasteiger partial charge in [-0.15, -0.1) is 0 Å². The Hall–Kier alpha value is -1.79. The molecule has 0 fully saturated rings. The van der Waals surface area contributed by atoms with Gasteiger partial charge in [0.15, 0.2) is 12.7 Å². The summed E-state index contributed by atoms with van der Waals surface area (Å²) >= 11 is 5.87. The maximum absolute atomic E-state index is 11.5. The molecule has 7 heteroatoms. The molecule has 1 amide bonds. The van der Waals surface area contributed by atoms with Crippen molar-refractivity contribution in [2.75, 3.05) is 19.8 Å². The Morgan fingerprint density at radius 2 is 2.10 bits per heavy atom. The van der Waals surface area contributed by atoms with Crippen LogP contribution in [-0.4, -0.2) is 42.8 Å². The third kappa shape index (κ3) is 5.90. The number of para-hydroxylation sites is 1. The number of amides is 1. The first-order chi connectivity index (χ1) is 9.50. The standard InChI is InChI=1S/C13H16ClNO5/c1-9(13(17)18)19-7-6-15-12(16)8-20-11-5-3-2-4-10(11)14/h2-5,9H,6-8H2,1H3,(H,15,16)(H,17,18). The highest BCUT2D eigenvalue weighted by atomic mass is 35.5. The fraction of sp³-hybridized carbons (Fsp3) is 0.385. The van der Waals surface area contributed by atoms with Crippen molar-refractivity contribution in [1.29, 1.82) is 0 Å². The fourth-order valence-electron chi connectivity index (χ4n) is 1.25. The average molecular weight is 302 g/mol. The van der Waals surface area contributed by atoms with Gasteiger partial charge >= 0.3 is 5.97 Å². The molecule has 0 aliphatic carbocycles. The van der Waals surface area contributed by atoms with Crippen molar-refractivity contribution in [3.05, 3.63) is 29.3 Å². The number of carbonyl (C=O) groups is 2. The molecular formula is C13H16ClNO5. The molecule has 1 rings (SSSR count). The molecule has 0 bridgehead atoms. The van der Waals surface area contributed by atoms with E-state index in [4.69, 9.17) is 26.2 Å². The smallest absolute Gasteiger partial charge is 0.332 e. The summed E-state index contributed by atoms with van der Waals surface area (Å²) in [5, 5.41) is 11.6. The molecule has 1 unspecified atom stereocenters. The average Bonchev–Trinajstić information content (AvgIpc) is 2.42. The van der Waals surface area contributed by atoms with E-state index >= 15 is 0 Å².